The molecule has 15 heavy (non-hydrogen) atoms. The first-order valence-electron chi connectivity index (χ1n) is 4.77. The van der Waals surface area contributed by atoms with Crippen LogP contribution in [0, 0.1) is 5.41 Å². The van der Waals surface area contributed by atoms with Gasteiger partial charge in [0, 0.05) is 0 Å². The number of rotatable bonds is 2. The highest BCUT2D eigenvalue weighted by Crippen LogP contribution is 2.39. The molecule has 0 unspecified atom stereocenters. The highest BCUT2D eigenvalue weighted by atomic mass is 32.2. The summed E-state index contributed by atoms with van der Waals surface area (Å²) in [6.45, 7) is 2.85. The van der Waals surface area contributed by atoms with Crippen LogP contribution in [0.4, 0.5) is 0 Å². The minimum absolute atomic E-state index is 0.00532. The lowest BCUT2D eigenvalue weighted by atomic mass is 9.71. The summed E-state index contributed by atoms with van der Waals surface area (Å²) < 4.78 is 22.4. The topological polar surface area (TPSA) is 91.7 Å². The van der Waals surface area contributed by atoms with Crippen molar-refractivity contribution in [3.63, 3.8) is 0 Å². The number of sulfone groups is 1. The maximum Gasteiger partial charge on any atom is 0.312 e. The van der Waals surface area contributed by atoms with Crippen LogP contribution in [0.5, 0.6) is 0 Å². The lowest BCUT2D eigenvalue weighted by Gasteiger charge is -2.42. The van der Waals surface area contributed by atoms with Gasteiger partial charge in [0.2, 0.25) is 0 Å². The Hall–Kier alpha value is -0.620. The first-order valence-corrected chi connectivity index (χ1v) is 6.59. The van der Waals surface area contributed by atoms with Gasteiger partial charge in [-0.1, -0.05) is 0 Å². The van der Waals surface area contributed by atoms with E-state index in [4.69, 9.17) is 5.11 Å². The van der Waals surface area contributed by atoms with Crippen LogP contribution in [0.2, 0.25) is 0 Å². The number of aliphatic carboxylic acids is 1. The highest BCUT2D eigenvalue weighted by molar-refractivity contribution is 7.91. The lowest BCUT2D eigenvalue weighted by molar-refractivity contribution is -0.165. The van der Waals surface area contributed by atoms with E-state index in [0.717, 1.165) is 0 Å². The number of carboxylic acids is 1. The van der Waals surface area contributed by atoms with Crippen molar-refractivity contribution in [3.8, 4) is 0 Å². The number of hydrogen-bond donors (Lipinski definition) is 2. The molecule has 1 aliphatic rings. The van der Waals surface area contributed by atoms with Crippen LogP contribution in [0.1, 0.15) is 26.7 Å². The van der Waals surface area contributed by atoms with E-state index in [0.29, 0.717) is 0 Å². The molecule has 6 heteroatoms. The van der Waals surface area contributed by atoms with Crippen LogP contribution in [0.3, 0.4) is 0 Å². The van der Waals surface area contributed by atoms with Crippen LogP contribution in [-0.4, -0.2) is 41.7 Å². The zero-order valence-electron chi connectivity index (χ0n) is 8.86. The first-order chi connectivity index (χ1) is 6.61. The first kappa shape index (κ1) is 12.4. The molecule has 0 spiro atoms. The molecule has 0 radical (unpaired) electrons. The van der Waals surface area contributed by atoms with Gasteiger partial charge in [0.1, 0.15) is 0 Å². The fourth-order valence-corrected chi connectivity index (χ4v) is 3.20. The second-order valence-corrected chi connectivity index (χ2v) is 6.92. The third-order valence-corrected chi connectivity index (χ3v) is 5.00. The van der Waals surface area contributed by atoms with Gasteiger partial charge in [0.25, 0.3) is 0 Å². The van der Waals surface area contributed by atoms with Crippen molar-refractivity contribution >= 4 is 15.8 Å². The van der Waals surface area contributed by atoms with Gasteiger partial charge in [0.15, 0.2) is 9.84 Å². The summed E-state index contributed by atoms with van der Waals surface area (Å²) in [5.74, 6) is -1.38. The largest absolute Gasteiger partial charge is 0.481 e. The quantitative estimate of drug-likeness (QED) is 0.706. The molecule has 0 atom stereocenters. The molecule has 1 fully saturated rings. The Morgan fingerprint density at radius 3 is 2.00 bits per heavy atom. The van der Waals surface area contributed by atoms with E-state index in [2.05, 4.69) is 0 Å². The van der Waals surface area contributed by atoms with Crippen molar-refractivity contribution in [2.24, 2.45) is 5.41 Å². The van der Waals surface area contributed by atoms with Crippen LogP contribution in [0.15, 0.2) is 0 Å². The molecule has 88 valence electrons. The smallest absolute Gasteiger partial charge is 0.312 e. The summed E-state index contributed by atoms with van der Waals surface area (Å²) >= 11 is 0. The van der Waals surface area contributed by atoms with Crippen molar-refractivity contribution in [1.29, 1.82) is 0 Å². The predicted octanol–water partition coefficient (Wildman–Crippen LogP) is 0.0369. The summed E-state index contributed by atoms with van der Waals surface area (Å²) in [4.78, 5) is 11.0. The molecule has 0 aromatic heterocycles. The molecular formula is C9H16O5S. The summed E-state index contributed by atoms with van der Waals surface area (Å²) in [5, 5.41) is 19.1. The van der Waals surface area contributed by atoms with Crippen LogP contribution in [0.25, 0.3) is 0 Å². The van der Waals surface area contributed by atoms with E-state index >= 15 is 0 Å². The van der Waals surface area contributed by atoms with Crippen molar-refractivity contribution in [2.75, 3.05) is 11.5 Å². The van der Waals surface area contributed by atoms with Gasteiger partial charge in [-0.15, -0.1) is 0 Å². The van der Waals surface area contributed by atoms with Crippen molar-refractivity contribution in [2.45, 2.75) is 32.3 Å². The highest BCUT2D eigenvalue weighted by Gasteiger charge is 2.51. The van der Waals surface area contributed by atoms with Crippen molar-refractivity contribution in [3.05, 3.63) is 0 Å². The molecule has 5 nitrogen and oxygen atoms in total. The fourth-order valence-electron chi connectivity index (χ4n) is 1.70. The second-order valence-electron chi connectivity index (χ2n) is 4.61. The minimum atomic E-state index is -3.09. The van der Waals surface area contributed by atoms with Crippen molar-refractivity contribution in [1.82, 2.24) is 0 Å². The SMILES string of the molecule is CC(C)(C(=O)O)C1(O)CCS(=O)(=O)CC1. The van der Waals surface area contributed by atoms with Gasteiger partial charge in [-0.3, -0.25) is 4.79 Å². The Kier molecular flexibility index (Phi) is 2.86. The normalized spacial score (nSPS) is 24.7. The fraction of sp³-hybridized carbons (Fsp3) is 0.889. The maximum atomic E-state index is 11.2. The summed E-state index contributed by atoms with van der Waals surface area (Å²) in [6, 6.07) is 0. The zero-order chi connectivity index (χ0) is 11.9. The second kappa shape index (κ2) is 3.45. The summed E-state index contributed by atoms with van der Waals surface area (Å²) in [6.07, 6.45) is -0.0106. The third kappa shape index (κ3) is 2.15. The molecule has 0 aromatic rings. The Labute approximate surface area is 89.0 Å². The standard InChI is InChI=1S/C9H16O5S/c1-8(2,7(10)11)9(12)3-5-15(13,14)6-4-9/h12H,3-6H2,1-2H3,(H,10,11). The molecule has 0 saturated carbocycles. The Morgan fingerprint density at radius 2 is 1.67 bits per heavy atom. The molecule has 1 heterocycles. The predicted molar refractivity (Wildman–Crippen MR) is 54.3 cm³/mol. The van der Waals surface area contributed by atoms with E-state index in [9.17, 15) is 18.3 Å². The van der Waals surface area contributed by atoms with Gasteiger partial charge in [-0.05, 0) is 26.7 Å². The minimum Gasteiger partial charge on any atom is -0.481 e. The number of carbonyl (C=O) groups is 1. The average molecular weight is 236 g/mol. The Morgan fingerprint density at radius 1 is 1.27 bits per heavy atom. The summed E-state index contributed by atoms with van der Waals surface area (Å²) in [7, 11) is -3.09. The van der Waals surface area contributed by atoms with E-state index in [-0.39, 0.29) is 24.3 Å². The molecule has 1 saturated heterocycles. The molecule has 0 amide bonds. The Balaban J connectivity index is 2.92. The van der Waals surface area contributed by atoms with Gasteiger partial charge in [-0.2, -0.15) is 0 Å². The Bertz CT molecular complexity index is 354. The van der Waals surface area contributed by atoms with Crippen LogP contribution in [-0.2, 0) is 14.6 Å². The van der Waals surface area contributed by atoms with Gasteiger partial charge in [0.05, 0.1) is 22.5 Å². The molecule has 0 aromatic carbocycles. The molecule has 1 rings (SSSR count). The van der Waals surface area contributed by atoms with Crippen LogP contribution < -0.4 is 0 Å². The van der Waals surface area contributed by atoms with Crippen molar-refractivity contribution < 1.29 is 23.4 Å². The average Bonchev–Trinajstić information content (AvgIpc) is 2.10. The lowest BCUT2D eigenvalue weighted by Crippen LogP contribution is -2.53. The van der Waals surface area contributed by atoms with Gasteiger partial charge < -0.3 is 10.2 Å². The maximum absolute atomic E-state index is 11.2. The van der Waals surface area contributed by atoms with E-state index in [1.54, 1.807) is 0 Å². The van der Waals surface area contributed by atoms with E-state index < -0.39 is 26.8 Å². The number of hydrogen-bond acceptors (Lipinski definition) is 4. The third-order valence-electron chi connectivity index (χ3n) is 3.35. The number of carboxylic acid groups (broad SMARTS) is 1. The molecule has 0 bridgehead atoms. The van der Waals surface area contributed by atoms with Gasteiger partial charge >= 0.3 is 5.97 Å². The molecule has 2 N–H and O–H groups in total. The molecular weight excluding hydrogens is 220 g/mol. The van der Waals surface area contributed by atoms with Crippen LogP contribution >= 0.6 is 0 Å². The monoisotopic (exact) mass is 236 g/mol. The zero-order valence-corrected chi connectivity index (χ0v) is 9.67. The van der Waals surface area contributed by atoms with E-state index in [1.807, 2.05) is 0 Å². The molecule has 1 aliphatic heterocycles. The number of aliphatic hydroxyl groups is 1. The van der Waals surface area contributed by atoms with Gasteiger partial charge in [-0.25, -0.2) is 8.42 Å². The van der Waals surface area contributed by atoms with E-state index in [1.165, 1.54) is 13.8 Å². The summed E-state index contributed by atoms with van der Waals surface area (Å²) in [5.41, 5.74) is -2.74. The molecule has 0 aliphatic carbocycles.